The number of hydrogen-bond acceptors (Lipinski definition) is 4. The van der Waals surface area contributed by atoms with Gasteiger partial charge in [0, 0.05) is 11.2 Å². The monoisotopic (exact) mass is 319 g/mol. The van der Waals surface area contributed by atoms with Gasteiger partial charge in [0.05, 0.1) is 16.3 Å². The fourth-order valence-corrected chi connectivity index (χ4v) is 4.17. The van der Waals surface area contributed by atoms with Crippen molar-refractivity contribution in [3.05, 3.63) is 48.5 Å². The summed E-state index contributed by atoms with van der Waals surface area (Å²) < 4.78 is 27.4. The van der Waals surface area contributed by atoms with Crippen LogP contribution in [-0.4, -0.2) is 14.0 Å². The third kappa shape index (κ3) is 3.01. The molecular weight excluding hydrogens is 298 g/mol. The van der Waals surface area contributed by atoms with Crippen LogP contribution >= 0.6 is 0 Å². The van der Waals surface area contributed by atoms with Gasteiger partial charge in [0.25, 0.3) is 10.0 Å². The molecule has 2 rings (SSSR count). The van der Waals surface area contributed by atoms with Crippen molar-refractivity contribution in [2.75, 3.05) is 15.8 Å². The molecule has 6 heteroatoms. The molecule has 0 amide bonds. The van der Waals surface area contributed by atoms with Crippen molar-refractivity contribution in [1.82, 2.24) is 0 Å². The minimum Gasteiger partial charge on any atom is -0.399 e. The second-order valence-corrected chi connectivity index (χ2v) is 7.86. The molecule has 118 valence electrons. The molecule has 0 radical (unpaired) electrons. The van der Waals surface area contributed by atoms with E-state index in [0.29, 0.717) is 17.1 Å². The molecule has 0 saturated heterocycles. The minimum absolute atomic E-state index is 0.223. The molecule has 0 saturated carbocycles. The van der Waals surface area contributed by atoms with Gasteiger partial charge < -0.3 is 11.5 Å². The van der Waals surface area contributed by atoms with E-state index in [2.05, 4.69) is 0 Å². The van der Waals surface area contributed by atoms with Gasteiger partial charge >= 0.3 is 0 Å². The highest BCUT2D eigenvalue weighted by Crippen LogP contribution is 2.35. The summed E-state index contributed by atoms with van der Waals surface area (Å²) in [4.78, 5) is 0.223. The summed E-state index contributed by atoms with van der Waals surface area (Å²) in [6.45, 7) is 5.47. The molecule has 5 nitrogen and oxygen atoms in total. The fourth-order valence-electron chi connectivity index (χ4n) is 2.31. The summed E-state index contributed by atoms with van der Waals surface area (Å²) in [6, 6.07) is 13.2. The Morgan fingerprint density at radius 1 is 0.955 bits per heavy atom. The van der Waals surface area contributed by atoms with Gasteiger partial charge in [-0.15, -0.1) is 0 Å². The highest BCUT2D eigenvalue weighted by atomic mass is 32.2. The molecule has 0 aliphatic heterocycles. The Morgan fingerprint density at radius 2 is 1.55 bits per heavy atom. The van der Waals surface area contributed by atoms with Crippen LogP contribution in [0.3, 0.4) is 0 Å². The van der Waals surface area contributed by atoms with E-state index in [1.165, 1.54) is 4.31 Å². The lowest BCUT2D eigenvalue weighted by atomic mass is 10.1. The van der Waals surface area contributed by atoms with E-state index in [4.69, 9.17) is 11.5 Å². The van der Waals surface area contributed by atoms with Crippen molar-refractivity contribution < 1.29 is 8.42 Å². The van der Waals surface area contributed by atoms with Crippen LogP contribution in [0.1, 0.15) is 20.8 Å². The predicted octanol–water partition coefficient (Wildman–Crippen LogP) is 2.84. The fraction of sp³-hybridized carbons (Fsp3) is 0.250. The average Bonchev–Trinajstić information content (AvgIpc) is 2.41. The van der Waals surface area contributed by atoms with Gasteiger partial charge in [-0.25, -0.2) is 8.42 Å². The number of nitrogens with two attached hydrogens (primary N) is 2. The molecule has 0 aromatic heterocycles. The van der Waals surface area contributed by atoms with Gasteiger partial charge in [0.15, 0.2) is 0 Å². The Labute approximate surface area is 131 Å². The zero-order chi connectivity index (χ0) is 16.5. The number of sulfonamides is 1. The lowest BCUT2D eigenvalue weighted by molar-refractivity contribution is 0.536. The first-order valence-corrected chi connectivity index (χ1v) is 8.33. The molecule has 4 N–H and O–H groups in total. The predicted molar refractivity (Wildman–Crippen MR) is 91.1 cm³/mol. The van der Waals surface area contributed by atoms with Gasteiger partial charge in [-0.1, -0.05) is 18.2 Å². The SMILES string of the molecule is CC(C)(C)N(c1ccc(N)cc1N)S(=O)(=O)c1ccccc1. The van der Waals surface area contributed by atoms with Gasteiger partial charge in [-0.2, -0.15) is 0 Å². The first-order valence-electron chi connectivity index (χ1n) is 6.89. The third-order valence-corrected chi connectivity index (χ3v) is 5.25. The van der Waals surface area contributed by atoms with E-state index in [9.17, 15) is 8.42 Å². The zero-order valence-corrected chi connectivity index (χ0v) is 13.8. The highest BCUT2D eigenvalue weighted by Gasteiger charge is 2.35. The maximum absolute atomic E-state index is 13.1. The first kappa shape index (κ1) is 16.2. The Hall–Kier alpha value is -2.21. The molecule has 0 heterocycles. The van der Waals surface area contributed by atoms with Crippen molar-refractivity contribution in [1.29, 1.82) is 0 Å². The molecule has 0 aliphatic rings. The number of benzene rings is 2. The normalized spacial score (nSPS) is 12.1. The summed E-state index contributed by atoms with van der Waals surface area (Å²) in [5.74, 6) is 0. The maximum atomic E-state index is 13.1. The van der Waals surface area contributed by atoms with E-state index in [0.717, 1.165) is 0 Å². The van der Waals surface area contributed by atoms with Crippen LogP contribution in [0, 0.1) is 0 Å². The molecule has 0 spiro atoms. The van der Waals surface area contributed by atoms with E-state index in [1.807, 2.05) is 20.8 Å². The van der Waals surface area contributed by atoms with Crippen LogP contribution in [0.2, 0.25) is 0 Å². The smallest absolute Gasteiger partial charge is 0.264 e. The molecule has 22 heavy (non-hydrogen) atoms. The number of hydrogen-bond donors (Lipinski definition) is 2. The molecule has 0 bridgehead atoms. The number of nitrogens with zero attached hydrogens (tertiary/aromatic N) is 1. The zero-order valence-electron chi connectivity index (χ0n) is 12.9. The Balaban J connectivity index is 2.67. The molecule has 0 atom stereocenters. The maximum Gasteiger partial charge on any atom is 0.264 e. The van der Waals surface area contributed by atoms with Gasteiger partial charge in [-0.05, 0) is 51.1 Å². The topological polar surface area (TPSA) is 89.4 Å². The number of nitrogen functional groups attached to an aromatic ring is 2. The van der Waals surface area contributed by atoms with E-state index < -0.39 is 15.6 Å². The molecule has 0 unspecified atom stereocenters. The molecule has 2 aromatic rings. The van der Waals surface area contributed by atoms with Crippen LogP contribution in [0.5, 0.6) is 0 Å². The summed E-state index contributed by atoms with van der Waals surface area (Å²) in [5, 5.41) is 0. The Morgan fingerprint density at radius 3 is 2.05 bits per heavy atom. The van der Waals surface area contributed by atoms with Crippen molar-refractivity contribution in [3.63, 3.8) is 0 Å². The molecule has 2 aromatic carbocycles. The lowest BCUT2D eigenvalue weighted by Gasteiger charge is -2.37. The van der Waals surface area contributed by atoms with E-state index in [1.54, 1.807) is 48.5 Å². The second kappa shape index (κ2) is 5.53. The Bertz CT molecular complexity index is 766. The van der Waals surface area contributed by atoms with E-state index in [-0.39, 0.29) is 4.90 Å². The van der Waals surface area contributed by atoms with Crippen molar-refractivity contribution >= 4 is 27.1 Å². The summed E-state index contributed by atoms with van der Waals surface area (Å²) >= 11 is 0. The largest absolute Gasteiger partial charge is 0.399 e. The first-order chi connectivity index (χ1) is 10.1. The quantitative estimate of drug-likeness (QED) is 0.851. The van der Waals surface area contributed by atoms with Crippen LogP contribution in [0.25, 0.3) is 0 Å². The van der Waals surface area contributed by atoms with Gasteiger partial charge in [-0.3, -0.25) is 4.31 Å². The summed E-state index contributed by atoms with van der Waals surface area (Å²) in [5.41, 5.74) is 12.3. The Kier molecular flexibility index (Phi) is 4.06. The lowest BCUT2D eigenvalue weighted by Crippen LogP contribution is -2.46. The van der Waals surface area contributed by atoms with Crippen LogP contribution < -0.4 is 15.8 Å². The second-order valence-electron chi connectivity index (χ2n) is 6.07. The van der Waals surface area contributed by atoms with Crippen molar-refractivity contribution in [2.45, 2.75) is 31.2 Å². The molecule has 0 fully saturated rings. The van der Waals surface area contributed by atoms with Crippen molar-refractivity contribution in [2.24, 2.45) is 0 Å². The number of anilines is 3. The molecular formula is C16H21N3O2S. The van der Waals surface area contributed by atoms with Gasteiger partial charge in [0.2, 0.25) is 0 Å². The minimum atomic E-state index is -3.73. The third-order valence-electron chi connectivity index (χ3n) is 3.16. The van der Waals surface area contributed by atoms with E-state index >= 15 is 0 Å². The standard InChI is InChI=1S/C16H21N3O2S/c1-16(2,3)19(15-10-9-12(17)11-14(15)18)22(20,21)13-7-5-4-6-8-13/h4-11H,17-18H2,1-3H3. The molecule has 0 aliphatic carbocycles. The summed E-state index contributed by atoms with van der Waals surface area (Å²) in [6.07, 6.45) is 0. The number of rotatable bonds is 3. The van der Waals surface area contributed by atoms with Gasteiger partial charge in [0.1, 0.15) is 0 Å². The van der Waals surface area contributed by atoms with Crippen LogP contribution in [0.4, 0.5) is 17.1 Å². The van der Waals surface area contributed by atoms with Crippen LogP contribution in [0.15, 0.2) is 53.4 Å². The van der Waals surface area contributed by atoms with Crippen LogP contribution in [-0.2, 0) is 10.0 Å². The summed E-state index contributed by atoms with van der Waals surface area (Å²) in [7, 11) is -3.73. The van der Waals surface area contributed by atoms with Crippen molar-refractivity contribution in [3.8, 4) is 0 Å². The highest BCUT2D eigenvalue weighted by molar-refractivity contribution is 7.93. The average molecular weight is 319 g/mol.